The molecule has 0 bridgehead atoms. The Hall–Kier alpha value is -2.92. The molecule has 0 aliphatic rings. The Kier molecular flexibility index (Phi) is 8.25. The van der Waals surface area contributed by atoms with E-state index in [0.717, 1.165) is 17.9 Å². The number of nitrogens with one attached hydrogen (secondary N) is 1. The van der Waals surface area contributed by atoms with Crippen molar-refractivity contribution in [1.29, 1.82) is 0 Å². The Bertz CT molecular complexity index is 1100. The lowest BCUT2D eigenvalue weighted by Gasteiger charge is -2.24. The number of rotatable bonds is 9. The Balaban J connectivity index is 2.38. The van der Waals surface area contributed by atoms with Gasteiger partial charge in [0.2, 0.25) is 11.7 Å². The van der Waals surface area contributed by atoms with Crippen LogP contribution in [0.2, 0.25) is 0 Å². The van der Waals surface area contributed by atoms with Gasteiger partial charge in [-0.15, -0.1) is 0 Å². The normalized spacial score (nSPS) is 13.7. The summed E-state index contributed by atoms with van der Waals surface area (Å²) in [5.41, 5.74) is -0.763. The molecule has 0 aliphatic heterocycles. The van der Waals surface area contributed by atoms with Gasteiger partial charge in [-0.3, -0.25) is 4.79 Å². The number of alkyl halides is 2. The molecule has 2 aromatic rings. The van der Waals surface area contributed by atoms with Gasteiger partial charge in [-0.25, -0.2) is 13.4 Å². The molecule has 1 aromatic heterocycles. The minimum atomic E-state index is -3.46. The third-order valence-corrected chi connectivity index (χ3v) is 4.57. The van der Waals surface area contributed by atoms with Crippen molar-refractivity contribution in [2.45, 2.75) is 45.3 Å². The Morgan fingerprint density at radius 3 is 2.36 bits per heavy atom. The fourth-order valence-electron chi connectivity index (χ4n) is 2.38. The van der Waals surface area contributed by atoms with E-state index in [4.69, 9.17) is 9.47 Å². The summed E-state index contributed by atoms with van der Waals surface area (Å²) in [7, 11) is -3.46. The van der Waals surface area contributed by atoms with Gasteiger partial charge in [0, 0.05) is 24.8 Å². The maximum absolute atomic E-state index is 13.8. The van der Waals surface area contributed by atoms with Crippen molar-refractivity contribution in [3.05, 3.63) is 59.4 Å². The zero-order valence-electron chi connectivity index (χ0n) is 19.0. The molecule has 0 aliphatic carbocycles. The average molecular weight is 484 g/mol. The third kappa shape index (κ3) is 9.22. The molecular weight excluding hydrogens is 456 g/mol. The van der Waals surface area contributed by atoms with E-state index in [0.29, 0.717) is 6.92 Å². The minimum Gasteiger partial charge on any atom is -0.438 e. The SMILES string of the molecule is CC(C)(C)OCC(C=CS(C)(=O)=O)NC(=O)c1cnc(C(C)(F)F)nc1Oc1ccccc1. The van der Waals surface area contributed by atoms with Crippen LogP contribution in [0, 0.1) is 0 Å². The quantitative estimate of drug-likeness (QED) is 0.577. The van der Waals surface area contributed by atoms with Crippen LogP contribution in [0.5, 0.6) is 11.6 Å². The molecule has 8 nitrogen and oxygen atoms in total. The molecule has 1 unspecified atom stereocenters. The van der Waals surface area contributed by atoms with Crippen molar-refractivity contribution in [3.8, 4) is 11.6 Å². The molecule has 0 spiro atoms. The summed E-state index contributed by atoms with van der Waals surface area (Å²) in [5, 5.41) is 3.55. The predicted octanol–water partition coefficient (Wildman–Crippen LogP) is 3.85. The predicted molar refractivity (Wildman–Crippen MR) is 119 cm³/mol. The van der Waals surface area contributed by atoms with Gasteiger partial charge in [0.15, 0.2) is 9.84 Å². The lowest BCUT2D eigenvalue weighted by Crippen LogP contribution is -2.39. The van der Waals surface area contributed by atoms with Gasteiger partial charge in [-0.1, -0.05) is 18.2 Å². The van der Waals surface area contributed by atoms with Crippen LogP contribution in [0.4, 0.5) is 8.78 Å². The zero-order valence-corrected chi connectivity index (χ0v) is 19.8. The maximum atomic E-state index is 13.8. The molecule has 0 saturated heterocycles. The highest BCUT2D eigenvalue weighted by atomic mass is 32.2. The number of hydrogen-bond donors (Lipinski definition) is 1. The van der Waals surface area contributed by atoms with Crippen molar-refractivity contribution < 1.29 is 31.5 Å². The number of carbonyl (C=O) groups is 1. The van der Waals surface area contributed by atoms with E-state index in [1.165, 1.54) is 6.08 Å². The monoisotopic (exact) mass is 483 g/mol. The van der Waals surface area contributed by atoms with Crippen molar-refractivity contribution in [2.24, 2.45) is 0 Å². The van der Waals surface area contributed by atoms with Crippen LogP contribution in [-0.4, -0.2) is 48.8 Å². The molecule has 1 heterocycles. The molecule has 1 amide bonds. The summed E-state index contributed by atoms with van der Waals surface area (Å²) in [6.45, 7) is 5.99. The van der Waals surface area contributed by atoms with Gasteiger partial charge in [-0.05, 0) is 39.0 Å². The molecule has 11 heteroatoms. The number of hydrogen-bond acceptors (Lipinski definition) is 7. The second kappa shape index (κ2) is 10.3. The molecule has 0 fully saturated rings. The Labute approximate surface area is 192 Å². The fraction of sp³-hybridized carbons (Fsp3) is 0.409. The summed E-state index contributed by atoms with van der Waals surface area (Å²) >= 11 is 0. The van der Waals surface area contributed by atoms with E-state index in [9.17, 15) is 22.0 Å². The highest BCUT2D eigenvalue weighted by molar-refractivity contribution is 7.93. The summed E-state index contributed by atoms with van der Waals surface area (Å²) in [5.74, 6) is -5.01. The summed E-state index contributed by atoms with van der Waals surface area (Å²) in [6, 6.07) is 7.37. The lowest BCUT2D eigenvalue weighted by atomic mass is 10.2. The first kappa shape index (κ1) is 26.3. The van der Waals surface area contributed by atoms with Gasteiger partial charge in [0.25, 0.3) is 5.91 Å². The largest absolute Gasteiger partial charge is 0.438 e. The van der Waals surface area contributed by atoms with E-state index in [2.05, 4.69) is 15.3 Å². The van der Waals surface area contributed by atoms with Crippen LogP contribution < -0.4 is 10.1 Å². The second-order valence-corrected chi connectivity index (χ2v) is 10.3. The number of amides is 1. The molecule has 1 aromatic carbocycles. The first-order valence-corrected chi connectivity index (χ1v) is 11.9. The molecule has 2 rings (SSSR count). The van der Waals surface area contributed by atoms with Crippen molar-refractivity contribution in [1.82, 2.24) is 15.3 Å². The van der Waals surface area contributed by atoms with Gasteiger partial charge in [-0.2, -0.15) is 13.8 Å². The van der Waals surface area contributed by atoms with Crippen molar-refractivity contribution >= 4 is 15.7 Å². The molecule has 1 N–H and O–H groups in total. The summed E-state index contributed by atoms with van der Waals surface area (Å²) < 4.78 is 61.9. The molecule has 0 radical (unpaired) electrons. The lowest BCUT2D eigenvalue weighted by molar-refractivity contribution is -0.00860. The van der Waals surface area contributed by atoms with E-state index in [1.54, 1.807) is 51.1 Å². The van der Waals surface area contributed by atoms with E-state index >= 15 is 0 Å². The summed E-state index contributed by atoms with van der Waals surface area (Å²) in [6.07, 6.45) is 3.22. The number of benzene rings is 1. The van der Waals surface area contributed by atoms with E-state index < -0.39 is 39.1 Å². The van der Waals surface area contributed by atoms with Crippen LogP contribution in [-0.2, 0) is 20.5 Å². The molecule has 180 valence electrons. The number of carbonyl (C=O) groups excluding carboxylic acids is 1. The van der Waals surface area contributed by atoms with Gasteiger partial charge >= 0.3 is 5.92 Å². The second-order valence-electron chi connectivity index (χ2n) is 8.38. The van der Waals surface area contributed by atoms with Crippen molar-refractivity contribution in [3.63, 3.8) is 0 Å². The number of sulfone groups is 1. The molecule has 1 atom stereocenters. The minimum absolute atomic E-state index is 0.0396. The average Bonchev–Trinajstić information content (AvgIpc) is 2.68. The number of ether oxygens (including phenoxy) is 2. The Morgan fingerprint density at radius 2 is 1.82 bits per heavy atom. The number of para-hydroxylation sites is 1. The van der Waals surface area contributed by atoms with E-state index in [1.807, 2.05) is 0 Å². The highest BCUT2D eigenvalue weighted by Crippen LogP contribution is 2.29. The smallest absolute Gasteiger partial charge is 0.303 e. The van der Waals surface area contributed by atoms with Gasteiger partial charge < -0.3 is 14.8 Å². The van der Waals surface area contributed by atoms with Crippen LogP contribution in [0.1, 0.15) is 43.9 Å². The Morgan fingerprint density at radius 1 is 1.18 bits per heavy atom. The third-order valence-electron chi connectivity index (χ3n) is 3.92. The molecular formula is C22H27F2N3O5S. The standard InChI is InChI=1S/C22H27F2N3O5S/c1-21(2,3)31-14-15(11-12-33(5,29)30)26-18(28)17-13-25-20(22(4,23)24)27-19(17)32-16-9-7-6-8-10-16/h6-13,15H,14H2,1-5H3,(H,26,28). The van der Waals surface area contributed by atoms with Crippen LogP contribution in [0.15, 0.2) is 48.0 Å². The first-order chi connectivity index (χ1) is 15.1. The van der Waals surface area contributed by atoms with Crippen molar-refractivity contribution in [2.75, 3.05) is 12.9 Å². The first-order valence-electron chi connectivity index (χ1n) is 9.95. The van der Waals surface area contributed by atoms with Crippen LogP contribution in [0.3, 0.4) is 0 Å². The number of nitrogens with zero attached hydrogens (tertiary/aromatic N) is 2. The molecule has 0 saturated carbocycles. The van der Waals surface area contributed by atoms with Crippen LogP contribution >= 0.6 is 0 Å². The van der Waals surface area contributed by atoms with Gasteiger partial charge in [0.1, 0.15) is 11.3 Å². The van der Waals surface area contributed by atoms with Crippen LogP contribution in [0.25, 0.3) is 0 Å². The number of halogens is 2. The summed E-state index contributed by atoms with van der Waals surface area (Å²) in [4.78, 5) is 20.3. The van der Waals surface area contributed by atoms with E-state index in [-0.39, 0.29) is 23.8 Å². The number of aromatic nitrogens is 2. The fourth-order valence-corrected chi connectivity index (χ4v) is 2.86. The topological polar surface area (TPSA) is 107 Å². The molecule has 33 heavy (non-hydrogen) atoms. The maximum Gasteiger partial charge on any atom is 0.303 e. The van der Waals surface area contributed by atoms with Gasteiger partial charge in [0.05, 0.1) is 18.2 Å². The highest BCUT2D eigenvalue weighted by Gasteiger charge is 2.31. The zero-order chi connectivity index (χ0) is 24.9.